The van der Waals surface area contributed by atoms with E-state index in [-0.39, 0.29) is 17.3 Å². The van der Waals surface area contributed by atoms with Gasteiger partial charge in [0.1, 0.15) is 0 Å². The standard InChI is InChI=1S/C18H22N2O3S/c1-15-7-6-8-16(13-15)11-12-19-18(21)14-20(2)24(22,23)17-9-4-3-5-10-17/h3-10,13H,11-12,14H2,1-2H3,(H,19,21). The Labute approximate surface area is 143 Å². The zero-order valence-corrected chi connectivity index (χ0v) is 14.7. The van der Waals surface area contributed by atoms with Crippen molar-refractivity contribution >= 4 is 15.9 Å². The van der Waals surface area contributed by atoms with Crippen molar-refractivity contribution in [2.45, 2.75) is 18.2 Å². The van der Waals surface area contributed by atoms with E-state index in [2.05, 4.69) is 11.4 Å². The number of hydrogen-bond acceptors (Lipinski definition) is 3. The molecular formula is C18H22N2O3S. The van der Waals surface area contributed by atoms with Crippen LogP contribution in [0.4, 0.5) is 0 Å². The molecule has 0 bridgehead atoms. The van der Waals surface area contributed by atoms with Crippen LogP contribution in [0.5, 0.6) is 0 Å². The zero-order valence-electron chi connectivity index (χ0n) is 13.9. The normalized spacial score (nSPS) is 11.5. The maximum absolute atomic E-state index is 12.3. The van der Waals surface area contributed by atoms with Crippen LogP contribution < -0.4 is 5.32 Å². The monoisotopic (exact) mass is 346 g/mol. The smallest absolute Gasteiger partial charge is 0.243 e. The Morgan fingerprint density at radius 3 is 2.46 bits per heavy atom. The maximum atomic E-state index is 12.3. The molecule has 0 saturated carbocycles. The summed E-state index contributed by atoms with van der Waals surface area (Å²) in [7, 11) is -2.24. The van der Waals surface area contributed by atoms with Crippen LogP contribution in [-0.4, -0.2) is 38.8 Å². The van der Waals surface area contributed by atoms with E-state index in [1.165, 1.54) is 24.7 Å². The Bertz CT molecular complexity index is 789. The molecule has 0 atom stereocenters. The molecule has 1 amide bonds. The molecule has 5 nitrogen and oxygen atoms in total. The fourth-order valence-corrected chi connectivity index (χ4v) is 3.48. The average molecular weight is 346 g/mol. The van der Waals surface area contributed by atoms with Crippen molar-refractivity contribution in [2.75, 3.05) is 20.1 Å². The third-order valence-electron chi connectivity index (χ3n) is 3.64. The van der Waals surface area contributed by atoms with E-state index in [1.807, 2.05) is 25.1 Å². The lowest BCUT2D eigenvalue weighted by atomic mass is 10.1. The van der Waals surface area contributed by atoms with E-state index in [1.54, 1.807) is 18.2 Å². The quantitative estimate of drug-likeness (QED) is 0.833. The summed E-state index contributed by atoms with van der Waals surface area (Å²) in [4.78, 5) is 12.2. The van der Waals surface area contributed by atoms with Gasteiger partial charge in [-0.3, -0.25) is 4.79 Å². The topological polar surface area (TPSA) is 66.5 Å². The summed E-state index contributed by atoms with van der Waals surface area (Å²) < 4.78 is 25.8. The molecule has 2 aromatic rings. The lowest BCUT2D eigenvalue weighted by Crippen LogP contribution is -2.39. The van der Waals surface area contributed by atoms with Crippen LogP contribution in [-0.2, 0) is 21.2 Å². The number of likely N-dealkylation sites (N-methyl/N-ethyl adjacent to an activating group) is 1. The number of benzene rings is 2. The molecule has 0 heterocycles. The van der Waals surface area contributed by atoms with Crippen LogP contribution in [0.25, 0.3) is 0 Å². The van der Waals surface area contributed by atoms with Gasteiger partial charge in [0.15, 0.2) is 0 Å². The number of rotatable bonds is 7. The highest BCUT2D eigenvalue weighted by atomic mass is 32.2. The molecule has 2 rings (SSSR count). The summed E-state index contributed by atoms with van der Waals surface area (Å²) in [5.41, 5.74) is 2.31. The number of sulfonamides is 1. The summed E-state index contributed by atoms with van der Waals surface area (Å²) in [6, 6.07) is 16.2. The lowest BCUT2D eigenvalue weighted by Gasteiger charge is -2.16. The fourth-order valence-electron chi connectivity index (χ4n) is 2.33. The fraction of sp³-hybridized carbons (Fsp3) is 0.278. The van der Waals surface area contributed by atoms with Crippen molar-refractivity contribution in [3.8, 4) is 0 Å². The van der Waals surface area contributed by atoms with E-state index in [9.17, 15) is 13.2 Å². The molecule has 1 N–H and O–H groups in total. The third kappa shape index (κ3) is 4.91. The minimum Gasteiger partial charge on any atom is -0.355 e. The highest BCUT2D eigenvalue weighted by Gasteiger charge is 2.22. The number of nitrogens with one attached hydrogen (secondary N) is 1. The van der Waals surface area contributed by atoms with Gasteiger partial charge < -0.3 is 5.32 Å². The molecule has 6 heteroatoms. The van der Waals surface area contributed by atoms with Gasteiger partial charge in [0.05, 0.1) is 11.4 Å². The van der Waals surface area contributed by atoms with Gasteiger partial charge in [0.2, 0.25) is 15.9 Å². The number of amides is 1. The number of nitrogens with zero attached hydrogens (tertiary/aromatic N) is 1. The van der Waals surface area contributed by atoms with Gasteiger partial charge in [-0.15, -0.1) is 0 Å². The van der Waals surface area contributed by atoms with E-state index < -0.39 is 10.0 Å². The summed E-state index contributed by atoms with van der Waals surface area (Å²) in [5.74, 6) is -0.315. The Balaban J connectivity index is 1.85. The molecule has 0 aliphatic heterocycles. The molecule has 24 heavy (non-hydrogen) atoms. The summed E-state index contributed by atoms with van der Waals surface area (Å²) in [6.45, 7) is 2.29. The van der Waals surface area contributed by atoms with Crippen molar-refractivity contribution < 1.29 is 13.2 Å². The van der Waals surface area contributed by atoms with Gasteiger partial charge in [-0.1, -0.05) is 48.0 Å². The van der Waals surface area contributed by atoms with Crippen molar-refractivity contribution in [3.63, 3.8) is 0 Å². The first-order chi connectivity index (χ1) is 11.4. The van der Waals surface area contributed by atoms with Crippen LogP contribution in [0.2, 0.25) is 0 Å². The van der Waals surface area contributed by atoms with Crippen LogP contribution in [0.3, 0.4) is 0 Å². The highest BCUT2D eigenvalue weighted by Crippen LogP contribution is 2.12. The number of hydrogen-bond donors (Lipinski definition) is 1. The van der Waals surface area contributed by atoms with Gasteiger partial charge >= 0.3 is 0 Å². The van der Waals surface area contributed by atoms with Crippen LogP contribution >= 0.6 is 0 Å². The summed E-state index contributed by atoms with van der Waals surface area (Å²) >= 11 is 0. The second kappa shape index (κ2) is 8.08. The maximum Gasteiger partial charge on any atom is 0.243 e. The minimum absolute atomic E-state index is 0.181. The molecule has 0 aliphatic carbocycles. The Hall–Kier alpha value is -2.18. The van der Waals surface area contributed by atoms with E-state index >= 15 is 0 Å². The first-order valence-corrected chi connectivity index (χ1v) is 9.17. The first kappa shape index (κ1) is 18.2. The second-order valence-corrected chi connectivity index (χ2v) is 7.71. The number of carbonyl (C=O) groups is 1. The molecule has 0 spiro atoms. The molecule has 128 valence electrons. The predicted molar refractivity (Wildman–Crippen MR) is 94.2 cm³/mol. The van der Waals surface area contributed by atoms with Gasteiger partial charge in [0, 0.05) is 13.6 Å². The van der Waals surface area contributed by atoms with Crippen molar-refractivity contribution in [2.24, 2.45) is 0 Å². The van der Waals surface area contributed by atoms with Crippen LogP contribution in [0.1, 0.15) is 11.1 Å². The minimum atomic E-state index is -3.64. The van der Waals surface area contributed by atoms with E-state index in [0.29, 0.717) is 13.0 Å². The number of carbonyl (C=O) groups excluding carboxylic acids is 1. The molecule has 2 aromatic carbocycles. The van der Waals surface area contributed by atoms with Crippen LogP contribution in [0, 0.1) is 6.92 Å². The Kier molecular flexibility index (Phi) is 6.11. The van der Waals surface area contributed by atoms with Crippen molar-refractivity contribution in [1.29, 1.82) is 0 Å². The van der Waals surface area contributed by atoms with Gasteiger partial charge in [-0.25, -0.2) is 8.42 Å². The molecule has 0 unspecified atom stereocenters. The first-order valence-electron chi connectivity index (χ1n) is 7.73. The summed E-state index contributed by atoms with van der Waals surface area (Å²) in [6.07, 6.45) is 0.711. The molecular weight excluding hydrogens is 324 g/mol. The highest BCUT2D eigenvalue weighted by molar-refractivity contribution is 7.89. The zero-order chi connectivity index (χ0) is 17.6. The predicted octanol–water partition coefficient (Wildman–Crippen LogP) is 1.97. The largest absolute Gasteiger partial charge is 0.355 e. The molecule has 0 saturated heterocycles. The van der Waals surface area contributed by atoms with E-state index in [0.717, 1.165) is 9.87 Å². The Morgan fingerprint density at radius 1 is 1.08 bits per heavy atom. The van der Waals surface area contributed by atoms with Crippen LogP contribution in [0.15, 0.2) is 59.5 Å². The average Bonchev–Trinajstić information content (AvgIpc) is 2.55. The third-order valence-corrected chi connectivity index (χ3v) is 5.45. The van der Waals surface area contributed by atoms with E-state index in [4.69, 9.17) is 0 Å². The lowest BCUT2D eigenvalue weighted by molar-refractivity contribution is -0.121. The molecule has 0 aromatic heterocycles. The second-order valence-electron chi connectivity index (χ2n) is 5.66. The molecule has 0 fully saturated rings. The van der Waals surface area contributed by atoms with Gasteiger partial charge in [-0.05, 0) is 31.0 Å². The molecule has 0 aliphatic rings. The SMILES string of the molecule is Cc1cccc(CCNC(=O)CN(C)S(=O)(=O)c2ccccc2)c1. The summed E-state index contributed by atoms with van der Waals surface area (Å²) in [5, 5.41) is 2.76. The molecule has 0 radical (unpaired) electrons. The van der Waals surface area contributed by atoms with Gasteiger partial charge in [0.25, 0.3) is 0 Å². The van der Waals surface area contributed by atoms with Gasteiger partial charge in [-0.2, -0.15) is 4.31 Å². The Morgan fingerprint density at radius 2 is 1.79 bits per heavy atom. The van der Waals surface area contributed by atoms with Crippen molar-refractivity contribution in [3.05, 3.63) is 65.7 Å². The van der Waals surface area contributed by atoms with Crippen molar-refractivity contribution in [1.82, 2.24) is 9.62 Å². The number of aryl methyl sites for hydroxylation is 1.